The molecule has 3 aromatic rings. The first kappa shape index (κ1) is 20.5. The standard InChI is InChI=1S/C20H21N3O5S/c1-3-27-16-6-4-15(5-7-16)22-12-21-23(20(22)26)13-29-17-8-9-18(14(2)10-17)28-11-19(24)25/h4-10,12H,3,11,13H2,1-2H3,(H,24,25). The fourth-order valence-electron chi connectivity index (χ4n) is 2.62. The zero-order valence-electron chi connectivity index (χ0n) is 16.1. The molecule has 1 heterocycles. The minimum atomic E-state index is -1.02. The van der Waals surface area contributed by atoms with Crippen LogP contribution in [0.1, 0.15) is 12.5 Å². The van der Waals surface area contributed by atoms with Crippen molar-refractivity contribution in [2.24, 2.45) is 0 Å². The summed E-state index contributed by atoms with van der Waals surface area (Å²) >= 11 is 1.45. The lowest BCUT2D eigenvalue weighted by atomic mass is 10.2. The summed E-state index contributed by atoms with van der Waals surface area (Å²) in [6, 6.07) is 12.7. The van der Waals surface area contributed by atoms with E-state index < -0.39 is 5.97 Å². The topological polar surface area (TPSA) is 95.6 Å². The first-order chi connectivity index (χ1) is 14.0. The van der Waals surface area contributed by atoms with Gasteiger partial charge in [0.1, 0.15) is 17.8 Å². The summed E-state index contributed by atoms with van der Waals surface area (Å²) < 4.78 is 13.5. The number of nitrogens with zero attached hydrogens (tertiary/aromatic N) is 3. The van der Waals surface area contributed by atoms with Crippen LogP contribution >= 0.6 is 11.8 Å². The van der Waals surface area contributed by atoms with Crippen LogP contribution in [0.15, 0.2) is 58.5 Å². The molecule has 9 heteroatoms. The summed E-state index contributed by atoms with van der Waals surface area (Å²) in [5.41, 5.74) is 1.30. The van der Waals surface area contributed by atoms with Gasteiger partial charge in [0.25, 0.3) is 0 Å². The third kappa shape index (κ3) is 5.20. The van der Waals surface area contributed by atoms with Gasteiger partial charge in [-0.05, 0) is 61.9 Å². The van der Waals surface area contributed by atoms with E-state index in [1.807, 2.05) is 50.2 Å². The van der Waals surface area contributed by atoms with Crippen molar-refractivity contribution in [2.45, 2.75) is 24.6 Å². The SMILES string of the molecule is CCOc1ccc(-n2cnn(CSc3ccc(OCC(=O)O)c(C)c3)c2=O)cc1. The molecule has 0 aliphatic carbocycles. The van der Waals surface area contributed by atoms with E-state index in [4.69, 9.17) is 14.6 Å². The van der Waals surface area contributed by atoms with Crippen LogP contribution in [0.5, 0.6) is 11.5 Å². The maximum Gasteiger partial charge on any atom is 0.351 e. The maximum atomic E-state index is 12.6. The van der Waals surface area contributed by atoms with Crippen molar-refractivity contribution in [1.82, 2.24) is 14.3 Å². The summed E-state index contributed by atoms with van der Waals surface area (Å²) in [4.78, 5) is 24.2. The number of carboxylic acid groups (broad SMARTS) is 1. The van der Waals surface area contributed by atoms with Gasteiger partial charge in [0, 0.05) is 4.90 Å². The molecule has 0 aliphatic heterocycles. The molecule has 1 aromatic heterocycles. The molecule has 0 saturated carbocycles. The van der Waals surface area contributed by atoms with Crippen molar-refractivity contribution < 1.29 is 19.4 Å². The summed E-state index contributed by atoms with van der Waals surface area (Å²) in [7, 11) is 0. The van der Waals surface area contributed by atoms with Crippen LogP contribution in [0.4, 0.5) is 0 Å². The number of aromatic nitrogens is 3. The predicted octanol–water partition coefficient (Wildman–Crippen LogP) is 2.95. The molecule has 8 nitrogen and oxygen atoms in total. The molecule has 29 heavy (non-hydrogen) atoms. The summed E-state index contributed by atoms with van der Waals surface area (Å²) in [6.07, 6.45) is 1.49. The summed E-state index contributed by atoms with van der Waals surface area (Å²) in [6.45, 7) is 3.96. The van der Waals surface area contributed by atoms with Crippen molar-refractivity contribution in [1.29, 1.82) is 0 Å². The molecule has 0 saturated heterocycles. The molecule has 0 aliphatic rings. The highest BCUT2D eigenvalue weighted by molar-refractivity contribution is 7.98. The number of rotatable bonds is 9. The zero-order chi connectivity index (χ0) is 20.8. The van der Waals surface area contributed by atoms with Gasteiger partial charge >= 0.3 is 11.7 Å². The van der Waals surface area contributed by atoms with E-state index in [1.54, 1.807) is 6.07 Å². The number of aryl methyl sites for hydroxylation is 1. The minimum Gasteiger partial charge on any atom is -0.494 e. The van der Waals surface area contributed by atoms with E-state index in [0.29, 0.717) is 23.9 Å². The third-order valence-electron chi connectivity index (χ3n) is 4.01. The maximum absolute atomic E-state index is 12.6. The fraction of sp³-hybridized carbons (Fsp3) is 0.250. The minimum absolute atomic E-state index is 0.236. The van der Waals surface area contributed by atoms with Crippen LogP contribution in [0.25, 0.3) is 5.69 Å². The first-order valence-electron chi connectivity index (χ1n) is 8.93. The van der Waals surface area contributed by atoms with Gasteiger partial charge in [0.05, 0.1) is 18.2 Å². The zero-order valence-corrected chi connectivity index (χ0v) is 16.9. The van der Waals surface area contributed by atoms with Crippen molar-refractivity contribution in [3.8, 4) is 17.2 Å². The molecule has 0 radical (unpaired) electrons. The van der Waals surface area contributed by atoms with E-state index in [0.717, 1.165) is 16.2 Å². The second kappa shape index (κ2) is 9.33. The van der Waals surface area contributed by atoms with E-state index in [-0.39, 0.29) is 12.3 Å². The predicted molar refractivity (Wildman–Crippen MR) is 109 cm³/mol. The Morgan fingerprint density at radius 2 is 1.93 bits per heavy atom. The first-order valence-corrected chi connectivity index (χ1v) is 9.92. The summed E-state index contributed by atoms with van der Waals surface area (Å²) in [5, 5.41) is 12.9. The Kier molecular flexibility index (Phi) is 6.61. The van der Waals surface area contributed by atoms with Gasteiger partial charge in [-0.25, -0.2) is 18.8 Å². The second-order valence-corrected chi connectivity index (χ2v) is 7.11. The lowest BCUT2D eigenvalue weighted by Crippen LogP contribution is -2.23. The molecule has 0 unspecified atom stereocenters. The Balaban J connectivity index is 1.67. The average Bonchev–Trinajstić information content (AvgIpc) is 3.07. The Labute approximate surface area is 171 Å². The Morgan fingerprint density at radius 3 is 2.59 bits per heavy atom. The molecular weight excluding hydrogens is 394 g/mol. The van der Waals surface area contributed by atoms with E-state index in [9.17, 15) is 9.59 Å². The number of thioether (sulfide) groups is 1. The smallest absolute Gasteiger partial charge is 0.351 e. The number of carbonyl (C=O) groups is 1. The monoisotopic (exact) mass is 415 g/mol. The van der Waals surface area contributed by atoms with Crippen LogP contribution in [-0.4, -0.2) is 38.6 Å². The van der Waals surface area contributed by atoms with Crippen molar-refractivity contribution >= 4 is 17.7 Å². The molecule has 0 amide bonds. The average molecular weight is 415 g/mol. The highest BCUT2D eigenvalue weighted by Crippen LogP contribution is 2.26. The van der Waals surface area contributed by atoms with Gasteiger partial charge in [-0.3, -0.25) is 0 Å². The quantitative estimate of drug-likeness (QED) is 0.537. The number of benzene rings is 2. The van der Waals surface area contributed by atoms with Crippen molar-refractivity contribution in [3.05, 3.63) is 64.8 Å². The van der Waals surface area contributed by atoms with Gasteiger partial charge < -0.3 is 14.6 Å². The molecule has 152 valence electrons. The van der Waals surface area contributed by atoms with E-state index in [2.05, 4.69) is 5.10 Å². The van der Waals surface area contributed by atoms with Gasteiger partial charge in [-0.15, -0.1) is 11.8 Å². The van der Waals surface area contributed by atoms with E-state index in [1.165, 1.54) is 27.3 Å². The van der Waals surface area contributed by atoms with Gasteiger partial charge in [0.15, 0.2) is 6.61 Å². The van der Waals surface area contributed by atoms with Crippen LogP contribution in [0, 0.1) is 6.92 Å². The molecule has 0 fully saturated rings. The Hall–Kier alpha value is -3.20. The number of hydrogen-bond acceptors (Lipinski definition) is 6. The second-order valence-electron chi connectivity index (χ2n) is 6.09. The lowest BCUT2D eigenvalue weighted by Gasteiger charge is -2.09. The largest absolute Gasteiger partial charge is 0.494 e. The third-order valence-corrected chi connectivity index (χ3v) is 4.97. The van der Waals surface area contributed by atoms with Crippen LogP contribution in [0.2, 0.25) is 0 Å². The van der Waals surface area contributed by atoms with Crippen molar-refractivity contribution in [3.63, 3.8) is 0 Å². The molecular formula is C20H21N3O5S. The number of ether oxygens (including phenoxy) is 2. The van der Waals surface area contributed by atoms with E-state index >= 15 is 0 Å². The van der Waals surface area contributed by atoms with Crippen molar-refractivity contribution in [2.75, 3.05) is 13.2 Å². The molecule has 0 bridgehead atoms. The fourth-order valence-corrected chi connectivity index (χ4v) is 3.49. The number of aliphatic carboxylic acids is 1. The van der Waals surface area contributed by atoms with Crippen LogP contribution in [-0.2, 0) is 10.7 Å². The highest BCUT2D eigenvalue weighted by Gasteiger charge is 2.09. The van der Waals surface area contributed by atoms with Gasteiger partial charge in [-0.1, -0.05) is 0 Å². The lowest BCUT2D eigenvalue weighted by molar-refractivity contribution is -0.139. The Bertz CT molecular complexity index is 1040. The number of carboxylic acids is 1. The molecule has 0 spiro atoms. The molecule has 1 N–H and O–H groups in total. The molecule has 2 aromatic carbocycles. The molecule has 3 rings (SSSR count). The summed E-state index contributed by atoms with van der Waals surface area (Å²) in [5.74, 6) is 0.592. The highest BCUT2D eigenvalue weighted by atomic mass is 32.2. The normalized spacial score (nSPS) is 10.7. The van der Waals surface area contributed by atoms with Gasteiger partial charge in [-0.2, -0.15) is 5.10 Å². The van der Waals surface area contributed by atoms with Gasteiger partial charge in [0.2, 0.25) is 0 Å². The van der Waals surface area contributed by atoms with Crippen LogP contribution < -0.4 is 15.2 Å². The number of hydrogen-bond donors (Lipinski definition) is 1. The molecule has 0 atom stereocenters. The van der Waals surface area contributed by atoms with Crippen LogP contribution in [0.3, 0.4) is 0 Å². The Morgan fingerprint density at radius 1 is 1.17 bits per heavy atom.